The minimum absolute atomic E-state index is 0.158. The van der Waals surface area contributed by atoms with Crippen LogP contribution >= 0.6 is 0 Å². The van der Waals surface area contributed by atoms with Crippen LogP contribution in [0.15, 0.2) is 54.6 Å². The van der Waals surface area contributed by atoms with Gasteiger partial charge in [-0.15, -0.1) is 0 Å². The van der Waals surface area contributed by atoms with Gasteiger partial charge in [0.15, 0.2) is 6.10 Å². The Balaban J connectivity index is 1.94. The maximum Gasteiger partial charge on any atom is 0.265 e. The van der Waals surface area contributed by atoms with Gasteiger partial charge < -0.3 is 10.1 Å². The fraction of sp³-hybridized carbons (Fsp3) is 0.278. The minimum Gasteiger partial charge on any atom is -0.481 e. The lowest BCUT2D eigenvalue weighted by Gasteiger charge is -2.15. The van der Waals surface area contributed by atoms with Crippen LogP contribution in [0.25, 0.3) is 0 Å². The van der Waals surface area contributed by atoms with E-state index < -0.39 is 6.10 Å². The van der Waals surface area contributed by atoms with Crippen molar-refractivity contribution in [2.45, 2.75) is 32.8 Å². The Hall–Kier alpha value is -2.29. The number of amides is 1. The second kappa shape index (κ2) is 6.93. The van der Waals surface area contributed by atoms with Crippen molar-refractivity contribution in [3.8, 4) is 5.75 Å². The molecule has 2 aromatic rings. The van der Waals surface area contributed by atoms with Crippen LogP contribution in [0.2, 0.25) is 0 Å². The molecule has 0 aromatic heterocycles. The molecule has 21 heavy (non-hydrogen) atoms. The minimum atomic E-state index is -0.546. The maximum absolute atomic E-state index is 12.1. The van der Waals surface area contributed by atoms with Gasteiger partial charge in [0, 0.05) is 5.69 Å². The van der Waals surface area contributed by atoms with Crippen molar-refractivity contribution in [2.75, 3.05) is 5.32 Å². The Morgan fingerprint density at radius 3 is 2.14 bits per heavy atom. The number of anilines is 1. The zero-order valence-electron chi connectivity index (χ0n) is 12.7. The monoisotopic (exact) mass is 283 g/mol. The number of carbonyl (C=O) groups excluding carboxylic acids is 1. The summed E-state index contributed by atoms with van der Waals surface area (Å²) in [7, 11) is 0. The van der Waals surface area contributed by atoms with Crippen molar-refractivity contribution in [2.24, 2.45) is 0 Å². The zero-order valence-corrected chi connectivity index (χ0v) is 12.7. The SMILES string of the molecule is CC(C)c1ccc(O[C@H](C)C(=O)Nc2ccccc2)cc1. The molecule has 0 aliphatic rings. The molecular formula is C18H21NO2. The van der Waals surface area contributed by atoms with Crippen LogP contribution in [0.4, 0.5) is 5.69 Å². The van der Waals surface area contributed by atoms with Crippen molar-refractivity contribution in [3.05, 3.63) is 60.2 Å². The highest BCUT2D eigenvalue weighted by Crippen LogP contribution is 2.19. The molecule has 3 heteroatoms. The van der Waals surface area contributed by atoms with Crippen LogP contribution in [0.3, 0.4) is 0 Å². The molecule has 0 aliphatic carbocycles. The molecule has 0 unspecified atom stereocenters. The molecule has 0 spiro atoms. The third-order valence-corrected chi connectivity index (χ3v) is 3.27. The van der Waals surface area contributed by atoms with Crippen molar-refractivity contribution >= 4 is 11.6 Å². The first-order chi connectivity index (χ1) is 10.1. The molecule has 0 aliphatic heterocycles. The first-order valence-corrected chi connectivity index (χ1v) is 7.19. The molecule has 110 valence electrons. The summed E-state index contributed by atoms with van der Waals surface area (Å²) >= 11 is 0. The van der Waals surface area contributed by atoms with Gasteiger partial charge in [-0.05, 0) is 42.7 Å². The zero-order chi connectivity index (χ0) is 15.2. The topological polar surface area (TPSA) is 38.3 Å². The summed E-state index contributed by atoms with van der Waals surface area (Å²) in [6.07, 6.45) is -0.546. The number of ether oxygens (including phenoxy) is 1. The summed E-state index contributed by atoms with van der Waals surface area (Å²) in [5.74, 6) is 1.03. The fourth-order valence-electron chi connectivity index (χ4n) is 1.95. The van der Waals surface area contributed by atoms with Crippen LogP contribution in [0, 0.1) is 0 Å². The third kappa shape index (κ3) is 4.35. The molecule has 0 fully saturated rings. The molecule has 1 atom stereocenters. The molecule has 0 bridgehead atoms. The third-order valence-electron chi connectivity index (χ3n) is 3.27. The molecule has 0 radical (unpaired) electrons. The van der Waals surface area contributed by atoms with Gasteiger partial charge in [-0.1, -0.05) is 44.2 Å². The Morgan fingerprint density at radius 1 is 0.952 bits per heavy atom. The Kier molecular flexibility index (Phi) is 4.99. The normalized spacial score (nSPS) is 12.0. The number of benzene rings is 2. The lowest BCUT2D eigenvalue weighted by atomic mass is 10.0. The molecule has 1 amide bonds. The van der Waals surface area contributed by atoms with Crippen LogP contribution < -0.4 is 10.1 Å². The highest BCUT2D eigenvalue weighted by atomic mass is 16.5. The molecule has 1 N–H and O–H groups in total. The van der Waals surface area contributed by atoms with Crippen molar-refractivity contribution in [1.82, 2.24) is 0 Å². The van der Waals surface area contributed by atoms with E-state index in [2.05, 4.69) is 19.2 Å². The molecule has 0 heterocycles. The second-order valence-corrected chi connectivity index (χ2v) is 5.34. The molecule has 2 rings (SSSR count). The average molecular weight is 283 g/mol. The number of hydrogen-bond donors (Lipinski definition) is 1. The summed E-state index contributed by atoms with van der Waals surface area (Å²) in [5, 5.41) is 2.83. The molecule has 2 aromatic carbocycles. The quantitative estimate of drug-likeness (QED) is 0.892. The summed E-state index contributed by atoms with van der Waals surface area (Å²) in [4.78, 5) is 12.1. The number of carbonyl (C=O) groups is 1. The second-order valence-electron chi connectivity index (χ2n) is 5.34. The largest absolute Gasteiger partial charge is 0.481 e. The lowest BCUT2D eigenvalue weighted by Crippen LogP contribution is -2.30. The fourth-order valence-corrected chi connectivity index (χ4v) is 1.95. The highest BCUT2D eigenvalue weighted by molar-refractivity contribution is 5.94. The Morgan fingerprint density at radius 2 is 1.57 bits per heavy atom. The van der Waals surface area contributed by atoms with Crippen LogP contribution in [0.5, 0.6) is 5.75 Å². The predicted molar refractivity (Wildman–Crippen MR) is 85.7 cm³/mol. The number of para-hydroxylation sites is 1. The predicted octanol–water partition coefficient (Wildman–Crippen LogP) is 4.22. The van der Waals surface area contributed by atoms with Gasteiger partial charge in [0.2, 0.25) is 0 Å². The molecular weight excluding hydrogens is 262 g/mol. The van der Waals surface area contributed by atoms with E-state index in [-0.39, 0.29) is 5.91 Å². The maximum atomic E-state index is 12.1. The van der Waals surface area contributed by atoms with Gasteiger partial charge in [-0.3, -0.25) is 4.79 Å². The van der Waals surface area contributed by atoms with Gasteiger partial charge in [-0.2, -0.15) is 0 Å². The average Bonchev–Trinajstić information content (AvgIpc) is 2.48. The van der Waals surface area contributed by atoms with Crippen LogP contribution in [-0.4, -0.2) is 12.0 Å². The van der Waals surface area contributed by atoms with Gasteiger partial charge in [0.1, 0.15) is 5.75 Å². The molecule has 3 nitrogen and oxygen atoms in total. The van der Waals surface area contributed by atoms with Crippen molar-refractivity contribution < 1.29 is 9.53 Å². The molecule has 0 saturated carbocycles. The van der Waals surface area contributed by atoms with E-state index in [1.54, 1.807) is 6.92 Å². The summed E-state index contributed by atoms with van der Waals surface area (Å²) in [5.41, 5.74) is 2.02. The van der Waals surface area contributed by atoms with E-state index >= 15 is 0 Å². The summed E-state index contributed by atoms with van der Waals surface area (Å²) in [6, 6.07) is 17.2. The van der Waals surface area contributed by atoms with E-state index in [4.69, 9.17) is 4.74 Å². The Labute approximate surface area is 126 Å². The van der Waals surface area contributed by atoms with Crippen LogP contribution in [0.1, 0.15) is 32.3 Å². The number of rotatable bonds is 5. The van der Waals surface area contributed by atoms with Crippen molar-refractivity contribution in [3.63, 3.8) is 0 Å². The van der Waals surface area contributed by atoms with Crippen molar-refractivity contribution in [1.29, 1.82) is 0 Å². The van der Waals surface area contributed by atoms with E-state index in [1.165, 1.54) is 5.56 Å². The van der Waals surface area contributed by atoms with E-state index in [9.17, 15) is 4.79 Å². The van der Waals surface area contributed by atoms with Gasteiger partial charge >= 0.3 is 0 Å². The summed E-state index contributed by atoms with van der Waals surface area (Å²) in [6.45, 7) is 6.03. The lowest BCUT2D eigenvalue weighted by molar-refractivity contribution is -0.122. The molecule has 0 saturated heterocycles. The highest BCUT2D eigenvalue weighted by Gasteiger charge is 2.14. The van der Waals surface area contributed by atoms with Gasteiger partial charge in [0.05, 0.1) is 0 Å². The van der Waals surface area contributed by atoms with Gasteiger partial charge in [0.25, 0.3) is 5.91 Å². The van der Waals surface area contributed by atoms with E-state index in [0.29, 0.717) is 11.7 Å². The first kappa shape index (κ1) is 15.1. The van der Waals surface area contributed by atoms with E-state index in [1.807, 2.05) is 54.6 Å². The Bertz CT molecular complexity index is 576. The standard InChI is InChI=1S/C18H21NO2/c1-13(2)15-9-11-17(12-10-15)21-14(3)18(20)19-16-7-5-4-6-8-16/h4-14H,1-3H3,(H,19,20)/t14-/m1/s1. The smallest absolute Gasteiger partial charge is 0.265 e. The van der Waals surface area contributed by atoms with Gasteiger partial charge in [-0.25, -0.2) is 0 Å². The van der Waals surface area contributed by atoms with Crippen LogP contribution in [-0.2, 0) is 4.79 Å². The number of hydrogen-bond acceptors (Lipinski definition) is 2. The summed E-state index contributed by atoms with van der Waals surface area (Å²) < 4.78 is 5.67. The first-order valence-electron chi connectivity index (χ1n) is 7.19. The number of nitrogens with one attached hydrogen (secondary N) is 1. The van der Waals surface area contributed by atoms with E-state index in [0.717, 1.165) is 5.69 Å².